The quantitative estimate of drug-likeness (QED) is 0.792. The molecule has 4 heteroatoms. The Morgan fingerprint density at radius 2 is 2.12 bits per heavy atom. The van der Waals surface area contributed by atoms with E-state index in [0.29, 0.717) is 25.2 Å². The Balaban J connectivity index is 2.11. The molecule has 0 radical (unpaired) electrons. The molecule has 1 aromatic carbocycles. The molecule has 0 bridgehead atoms. The Morgan fingerprint density at radius 1 is 1.38 bits per heavy atom. The Hall–Kier alpha value is -1.55. The van der Waals surface area contributed by atoms with Gasteiger partial charge in [-0.25, -0.2) is 0 Å². The fourth-order valence-corrected chi connectivity index (χ4v) is 1.70. The predicted octanol–water partition coefficient (Wildman–Crippen LogP) is 1.76. The maximum Gasteiger partial charge on any atom is 0.168 e. The first-order valence-corrected chi connectivity index (χ1v) is 5.33. The number of aldehydes is 1. The largest absolute Gasteiger partial charge is 0.504 e. The summed E-state index contributed by atoms with van der Waals surface area (Å²) in [5.74, 6) is 0.292. The van der Waals surface area contributed by atoms with Crippen LogP contribution >= 0.6 is 0 Å². The van der Waals surface area contributed by atoms with Crippen LogP contribution in [-0.2, 0) is 4.74 Å². The first kappa shape index (κ1) is 11.0. The zero-order chi connectivity index (χ0) is 11.4. The van der Waals surface area contributed by atoms with Gasteiger partial charge >= 0.3 is 0 Å². The van der Waals surface area contributed by atoms with Crippen molar-refractivity contribution in [3.05, 3.63) is 23.8 Å². The number of phenolic OH excluding ortho intramolecular Hbond substituents is 1. The molecule has 0 aliphatic carbocycles. The van der Waals surface area contributed by atoms with Crippen molar-refractivity contribution in [3.63, 3.8) is 0 Å². The molecule has 2 rings (SSSR count). The van der Waals surface area contributed by atoms with E-state index in [-0.39, 0.29) is 17.4 Å². The highest BCUT2D eigenvalue weighted by atomic mass is 16.5. The van der Waals surface area contributed by atoms with Gasteiger partial charge in [-0.3, -0.25) is 4.79 Å². The van der Waals surface area contributed by atoms with Crippen molar-refractivity contribution in [2.45, 2.75) is 18.9 Å². The molecule has 1 fully saturated rings. The van der Waals surface area contributed by atoms with Gasteiger partial charge < -0.3 is 14.6 Å². The van der Waals surface area contributed by atoms with Gasteiger partial charge in [-0.05, 0) is 12.1 Å². The smallest absolute Gasteiger partial charge is 0.168 e. The second-order valence-electron chi connectivity index (χ2n) is 3.74. The van der Waals surface area contributed by atoms with Gasteiger partial charge in [0.2, 0.25) is 0 Å². The SMILES string of the molecule is O=Cc1cccc(OC2CCOCC2)c1O. The number of phenols is 1. The molecule has 0 aromatic heterocycles. The van der Waals surface area contributed by atoms with E-state index in [1.54, 1.807) is 18.2 Å². The highest BCUT2D eigenvalue weighted by Gasteiger charge is 2.17. The fraction of sp³-hybridized carbons (Fsp3) is 0.417. The fourth-order valence-electron chi connectivity index (χ4n) is 1.70. The molecular weight excluding hydrogens is 208 g/mol. The number of para-hydroxylation sites is 1. The van der Waals surface area contributed by atoms with Crippen LogP contribution in [0, 0.1) is 0 Å². The molecule has 0 amide bonds. The average molecular weight is 222 g/mol. The van der Waals surface area contributed by atoms with Gasteiger partial charge in [-0.1, -0.05) is 6.07 Å². The summed E-state index contributed by atoms with van der Waals surface area (Å²) in [6, 6.07) is 4.91. The van der Waals surface area contributed by atoms with Crippen LogP contribution < -0.4 is 4.74 Å². The molecule has 4 nitrogen and oxygen atoms in total. The molecule has 1 N–H and O–H groups in total. The maximum absolute atomic E-state index is 10.6. The molecule has 1 saturated heterocycles. The standard InChI is InChI=1S/C12H14O4/c13-8-9-2-1-3-11(12(9)14)16-10-4-6-15-7-5-10/h1-3,8,10,14H,4-7H2. The highest BCUT2D eigenvalue weighted by molar-refractivity contribution is 5.80. The number of rotatable bonds is 3. The van der Waals surface area contributed by atoms with Gasteiger partial charge in [-0.15, -0.1) is 0 Å². The summed E-state index contributed by atoms with van der Waals surface area (Å²) < 4.78 is 10.9. The van der Waals surface area contributed by atoms with Gasteiger partial charge in [0, 0.05) is 12.8 Å². The number of carbonyl (C=O) groups is 1. The van der Waals surface area contributed by atoms with E-state index in [1.807, 2.05) is 0 Å². The molecule has 1 aliphatic rings. The second kappa shape index (κ2) is 4.99. The molecular formula is C12H14O4. The van der Waals surface area contributed by atoms with Crippen molar-refractivity contribution in [1.29, 1.82) is 0 Å². The van der Waals surface area contributed by atoms with E-state index in [4.69, 9.17) is 9.47 Å². The molecule has 0 unspecified atom stereocenters. The summed E-state index contributed by atoms with van der Waals surface area (Å²) in [4.78, 5) is 10.6. The topological polar surface area (TPSA) is 55.8 Å². The minimum atomic E-state index is -0.0796. The summed E-state index contributed by atoms with van der Waals surface area (Å²) in [5, 5.41) is 9.73. The summed E-state index contributed by atoms with van der Waals surface area (Å²) in [6.07, 6.45) is 2.29. The van der Waals surface area contributed by atoms with Crippen molar-refractivity contribution < 1.29 is 19.4 Å². The molecule has 1 aromatic rings. The second-order valence-corrected chi connectivity index (χ2v) is 3.74. The molecule has 16 heavy (non-hydrogen) atoms. The molecule has 86 valence electrons. The zero-order valence-corrected chi connectivity index (χ0v) is 8.89. The highest BCUT2D eigenvalue weighted by Crippen LogP contribution is 2.30. The predicted molar refractivity (Wildman–Crippen MR) is 58.0 cm³/mol. The van der Waals surface area contributed by atoms with Crippen molar-refractivity contribution in [2.75, 3.05) is 13.2 Å². The van der Waals surface area contributed by atoms with E-state index in [2.05, 4.69) is 0 Å². The Bertz CT molecular complexity index is 369. The normalized spacial score (nSPS) is 17.0. The number of ether oxygens (including phenoxy) is 2. The third kappa shape index (κ3) is 2.33. The Morgan fingerprint density at radius 3 is 2.81 bits per heavy atom. The van der Waals surface area contributed by atoms with Crippen molar-refractivity contribution in [1.82, 2.24) is 0 Å². The van der Waals surface area contributed by atoms with Crippen LogP contribution in [0.5, 0.6) is 11.5 Å². The van der Waals surface area contributed by atoms with Crippen molar-refractivity contribution >= 4 is 6.29 Å². The lowest BCUT2D eigenvalue weighted by molar-refractivity contribution is 0.0245. The molecule has 1 aliphatic heterocycles. The number of aromatic hydroxyl groups is 1. The molecule has 0 atom stereocenters. The average Bonchev–Trinajstić information content (AvgIpc) is 2.33. The lowest BCUT2D eigenvalue weighted by Crippen LogP contribution is -2.25. The molecule has 1 heterocycles. The molecule has 0 spiro atoms. The van der Waals surface area contributed by atoms with Crippen LogP contribution in [0.4, 0.5) is 0 Å². The van der Waals surface area contributed by atoms with Crippen LogP contribution in [0.1, 0.15) is 23.2 Å². The Labute approximate surface area is 93.8 Å². The third-order valence-corrected chi connectivity index (χ3v) is 2.62. The number of hydrogen-bond donors (Lipinski definition) is 1. The van der Waals surface area contributed by atoms with Crippen molar-refractivity contribution in [2.24, 2.45) is 0 Å². The summed E-state index contributed by atoms with van der Waals surface area (Å²) in [6.45, 7) is 1.36. The van der Waals surface area contributed by atoms with E-state index in [0.717, 1.165) is 12.8 Å². The van der Waals surface area contributed by atoms with E-state index in [9.17, 15) is 9.90 Å². The van der Waals surface area contributed by atoms with Crippen LogP contribution in [0.15, 0.2) is 18.2 Å². The van der Waals surface area contributed by atoms with Gasteiger partial charge in [-0.2, -0.15) is 0 Å². The van der Waals surface area contributed by atoms with Gasteiger partial charge in [0.25, 0.3) is 0 Å². The van der Waals surface area contributed by atoms with Crippen LogP contribution in [-0.4, -0.2) is 30.7 Å². The minimum absolute atomic E-state index is 0.0570. The van der Waals surface area contributed by atoms with Crippen LogP contribution in [0.2, 0.25) is 0 Å². The van der Waals surface area contributed by atoms with Gasteiger partial charge in [0.1, 0.15) is 6.10 Å². The Kier molecular flexibility index (Phi) is 3.41. The monoisotopic (exact) mass is 222 g/mol. The van der Waals surface area contributed by atoms with E-state index < -0.39 is 0 Å². The first-order chi connectivity index (χ1) is 7.81. The lowest BCUT2D eigenvalue weighted by Gasteiger charge is -2.23. The summed E-state index contributed by atoms with van der Waals surface area (Å²) in [5.41, 5.74) is 0.254. The molecule has 0 saturated carbocycles. The first-order valence-electron chi connectivity index (χ1n) is 5.33. The van der Waals surface area contributed by atoms with Gasteiger partial charge in [0.05, 0.1) is 18.8 Å². The van der Waals surface area contributed by atoms with Crippen LogP contribution in [0.25, 0.3) is 0 Å². The van der Waals surface area contributed by atoms with E-state index in [1.165, 1.54) is 0 Å². The van der Waals surface area contributed by atoms with Crippen molar-refractivity contribution in [3.8, 4) is 11.5 Å². The number of carbonyl (C=O) groups excluding carboxylic acids is 1. The third-order valence-electron chi connectivity index (χ3n) is 2.62. The summed E-state index contributed by atoms with van der Waals surface area (Å²) in [7, 11) is 0. The number of benzene rings is 1. The minimum Gasteiger partial charge on any atom is -0.504 e. The van der Waals surface area contributed by atoms with Crippen LogP contribution in [0.3, 0.4) is 0 Å². The lowest BCUT2D eigenvalue weighted by atomic mass is 10.1. The summed E-state index contributed by atoms with van der Waals surface area (Å²) >= 11 is 0. The zero-order valence-electron chi connectivity index (χ0n) is 8.89. The van der Waals surface area contributed by atoms with Gasteiger partial charge in [0.15, 0.2) is 17.8 Å². The number of hydrogen-bond acceptors (Lipinski definition) is 4. The maximum atomic E-state index is 10.6. The van der Waals surface area contributed by atoms with E-state index >= 15 is 0 Å².